The molecule has 0 aliphatic heterocycles. The Morgan fingerprint density at radius 1 is 0.818 bits per heavy atom. The van der Waals surface area contributed by atoms with Crippen LogP contribution in [0.5, 0.6) is 0 Å². The van der Waals surface area contributed by atoms with Crippen molar-refractivity contribution in [1.82, 2.24) is 0 Å². The molecule has 11 heavy (non-hydrogen) atoms. The molecule has 0 aromatic heterocycles. The zero-order valence-corrected chi connectivity index (χ0v) is 6.31. The number of nitrogens with zero attached hydrogens (tertiary/aromatic N) is 2. The molecular weight excluding hydrogens is 204 g/mol. The molecule has 0 spiro atoms. The molecule has 0 saturated heterocycles. The summed E-state index contributed by atoms with van der Waals surface area (Å²) in [6, 6.07) is 0. The van der Waals surface area contributed by atoms with Crippen LogP contribution in [0.15, 0.2) is 0 Å². The first-order valence-corrected chi connectivity index (χ1v) is 1.94. The average molecular weight is 206 g/mol. The van der Waals surface area contributed by atoms with E-state index >= 15 is 0 Å². The van der Waals surface area contributed by atoms with E-state index in [0.717, 1.165) is 20.4 Å². The first kappa shape index (κ1) is 22.5. The van der Waals surface area contributed by atoms with Crippen molar-refractivity contribution in [3.05, 3.63) is 30.6 Å². The van der Waals surface area contributed by atoms with Crippen LogP contribution in [0.3, 0.4) is 0 Å². The van der Waals surface area contributed by atoms with Gasteiger partial charge in [0.1, 0.15) is 0 Å². The molecule has 0 amide bonds. The summed E-state index contributed by atoms with van der Waals surface area (Å²) in [5.41, 5.74) is 0. The number of hydrogen-bond donors (Lipinski definition) is 0. The first-order valence-electron chi connectivity index (χ1n) is 1.30. The average Bonchev–Trinajstić information content (AvgIpc) is 1.66. The molecule has 0 aliphatic rings. The summed E-state index contributed by atoms with van der Waals surface area (Å²) in [6.45, 7) is 0. The monoisotopic (exact) mass is 206 g/mol. The van der Waals surface area contributed by atoms with Crippen LogP contribution in [0, 0.1) is 30.6 Å². The molecule has 10 nitrogen and oxygen atoms in total. The summed E-state index contributed by atoms with van der Waals surface area (Å²) in [7, 11) is 0. The summed E-state index contributed by atoms with van der Waals surface area (Å²) in [4.78, 5) is 16.5. The third-order valence-corrected chi connectivity index (χ3v) is 0. The van der Waals surface area contributed by atoms with Gasteiger partial charge in [-0.25, -0.2) is 0 Å². The van der Waals surface area contributed by atoms with Crippen molar-refractivity contribution in [2.75, 3.05) is 0 Å². The predicted molar refractivity (Wildman–Crippen MR) is 25.0 cm³/mol. The number of rotatable bonds is 0. The molecule has 0 aromatic rings. The molecular formula is H2N2O8Ti. The summed E-state index contributed by atoms with van der Waals surface area (Å²) in [5, 5.41) is 29.5. The molecule has 64 valence electrons. The molecule has 0 rings (SSSR count). The zero-order chi connectivity index (χ0) is 9.15. The Hall–Kier alpha value is -1.13. The second kappa shape index (κ2) is 23.2. The Labute approximate surface area is 70.7 Å². The number of hydrogen-bond acceptors (Lipinski definition) is 7. The molecule has 0 radical (unpaired) electrons. The van der Waals surface area contributed by atoms with Crippen LogP contribution in [-0.2, 0) is 23.7 Å². The van der Waals surface area contributed by atoms with Gasteiger partial charge in [-0.1, -0.05) is 0 Å². The third-order valence-electron chi connectivity index (χ3n) is 0. The van der Waals surface area contributed by atoms with Crippen LogP contribution >= 0.6 is 0 Å². The van der Waals surface area contributed by atoms with Crippen molar-refractivity contribution in [3.8, 4) is 0 Å². The Balaban J connectivity index is -0.0000000339. The zero-order valence-electron chi connectivity index (χ0n) is 4.75. The van der Waals surface area contributed by atoms with E-state index in [0.29, 0.717) is 0 Å². The summed E-state index contributed by atoms with van der Waals surface area (Å²) >= 11 is 0.750. The summed E-state index contributed by atoms with van der Waals surface area (Å²) < 4.78 is 8.25. The maximum atomic E-state index is 8.25. The van der Waals surface area contributed by atoms with Gasteiger partial charge in [0.15, 0.2) is 0 Å². The first-order chi connectivity index (χ1) is 4.46. The SMILES string of the molecule is O.O=[N+]([O-])[O-].O=[N+]([O-])[O-].[O]=[Ti+2]. The topological polar surface area (TPSA) is 181 Å². The fraction of sp³-hybridized carbons (Fsp3) is 0. The summed E-state index contributed by atoms with van der Waals surface area (Å²) in [6.07, 6.45) is 0. The normalized spacial score (nSPS) is 4.91. The van der Waals surface area contributed by atoms with Gasteiger partial charge in [-0.3, -0.25) is 0 Å². The predicted octanol–water partition coefficient (Wildman–Crippen LogP) is -1.42. The Morgan fingerprint density at radius 2 is 0.818 bits per heavy atom. The van der Waals surface area contributed by atoms with E-state index in [4.69, 9.17) is 34.0 Å². The van der Waals surface area contributed by atoms with Gasteiger partial charge in [0.25, 0.3) is 0 Å². The molecule has 0 unspecified atom stereocenters. The fourth-order valence-electron chi connectivity index (χ4n) is 0. The Morgan fingerprint density at radius 3 is 0.818 bits per heavy atom. The standard InChI is InChI=1S/2NO3.H2O.O.Ti/c2*2-1(3)4;;;/h;;1H2;;/q2*-1;;;+2. The van der Waals surface area contributed by atoms with E-state index in [-0.39, 0.29) is 5.48 Å². The maximum absolute atomic E-state index is 8.25. The van der Waals surface area contributed by atoms with Gasteiger partial charge in [-0.2, -0.15) is 0 Å². The van der Waals surface area contributed by atoms with Gasteiger partial charge < -0.3 is 36.1 Å². The summed E-state index contributed by atoms with van der Waals surface area (Å²) in [5.74, 6) is 0. The van der Waals surface area contributed by atoms with E-state index in [1.54, 1.807) is 0 Å². The van der Waals surface area contributed by atoms with Crippen LogP contribution in [-0.4, -0.2) is 15.6 Å². The van der Waals surface area contributed by atoms with Crippen molar-refractivity contribution in [3.63, 3.8) is 0 Å². The minimum absolute atomic E-state index is 0. The van der Waals surface area contributed by atoms with E-state index in [9.17, 15) is 0 Å². The molecule has 11 heteroatoms. The van der Waals surface area contributed by atoms with E-state index in [2.05, 4.69) is 0 Å². The Bertz CT molecular complexity index is 80.3. The van der Waals surface area contributed by atoms with Gasteiger partial charge in [-0.15, -0.1) is 0 Å². The fourth-order valence-corrected chi connectivity index (χ4v) is 0. The molecule has 0 aliphatic carbocycles. The van der Waals surface area contributed by atoms with Crippen molar-refractivity contribution in [2.24, 2.45) is 0 Å². The van der Waals surface area contributed by atoms with Crippen molar-refractivity contribution >= 4 is 0 Å². The molecule has 0 aromatic carbocycles. The quantitative estimate of drug-likeness (QED) is 0.264. The molecule has 0 fully saturated rings. The van der Waals surface area contributed by atoms with Gasteiger partial charge in [-0.05, 0) is 0 Å². The third kappa shape index (κ3) is 331. The van der Waals surface area contributed by atoms with Crippen molar-refractivity contribution in [1.29, 1.82) is 0 Å². The second-order valence-corrected chi connectivity index (χ2v) is 0.447. The molecule has 2 N–H and O–H groups in total. The van der Waals surface area contributed by atoms with Gasteiger partial charge in [0.05, 0.1) is 10.2 Å². The van der Waals surface area contributed by atoms with Crippen LogP contribution < -0.4 is 0 Å². The molecule has 0 atom stereocenters. The minimum atomic E-state index is -1.75. The molecule has 0 heterocycles. The molecule has 0 saturated carbocycles. The molecule has 0 bridgehead atoms. The van der Waals surface area contributed by atoms with Crippen LogP contribution in [0.2, 0.25) is 0 Å². The van der Waals surface area contributed by atoms with E-state index in [1.165, 1.54) is 0 Å². The second-order valence-electron chi connectivity index (χ2n) is 0.447. The van der Waals surface area contributed by atoms with Gasteiger partial charge in [0.2, 0.25) is 0 Å². The van der Waals surface area contributed by atoms with Gasteiger partial charge in [0, 0.05) is 0 Å². The van der Waals surface area contributed by atoms with Crippen molar-refractivity contribution in [2.45, 2.75) is 0 Å². The van der Waals surface area contributed by atoms with Gasteiger partial charge >= 0.3 is 23.7 Å². The van der Waals surface area contributed by atoms with Crippen LogP contribution in [0.1, 0.15) is 0 Å². The van der Waals surface area contributed by atoms with Crippen molar-refractivity contribution < 1.29 is 39.4 Å². The Kier molecular flexibility index (Phi) is 47.4. The van der Waals surface area contributed by atoms with E-state index < -0.39 is 10.2 Å². The van der Waals surface area contributed by atoms with Crippen LogP contribution in [0.25, 0.3) is 0 Å². The van der Waals surface area contributed by atoms with E-state index in [1.807, 2.05) is 0 Å². The van der Waals surface area contributed by atoms with Crippen LogP contribution in [0.4, 0.5) is 0 Å².